The zero-order chi connectivity index (χ0) is 12.4. The minimum Gasteiger partial charge on any atom is -0.463 e. The average molecular weight is 236 g/mol. The summed E-state index contributed by atoms with van der Waals surface area (Å²) in [7, 11) is 1.28. The summed E-state index contributed by atoms with van der Waals surface area (Å²) in [6, 6.07) is 0. The number of carbonyl (C=O) groups excluding carboxylic acids is 2. The molecule has 0 amide bonds. The van der Waals surface area contributed by atoms with Crippen LogP contribution in [0.25, 0.3) is 0 Å². The number of ether oxygens (including phenoxy) is 3. The molecule has 98 valence electrons. The fourth-order valence-electron chi connectivity index (χ4n) is 0.572. The number of hydrogen-bond donors (Lipinski definition) is 0. The first-order valence-electron chi connectivity index (χ1n) is 4.71. The zero-order valence-electron chi connectivity index (χ0n) is 10.2. The second kappa shape index (κ2) is 11.8. The average Bonchev–Trinajstić information content (AvgIpc) is 2.01. The Labute approximate surface area is 98.1 Å². The van der Waals surface area contributed by atoms with Crippen LogP contribution in [0.15, 0.2) is 0 Å². The first-order chi connectivity index (χ1) is 6.79. The Hall–Kier alpha value is -1.26. The smallest absolute Gasteiger partial charge is 0.463 e. The van der Waals surface area contributed by atoms with Gasteiger partial charge in [0.15, 0.2) is 0 Å². The summed E-state index contributed by atoms with van der Waals surface area (Å²) in [5.41, 5.74) is 0. The van der Waals surface area contributed by atoms with E-state index in [0.717, 1.165) is 0 Å². The van der Waals surface area contributed by atoms with E-state index in [1.54, 1.807) is 13.8 Å². The van der Waals surface area contributed by atoms with E-state index in [2.05, 4.69) is 14.2 Å². The molecular weight excluding hydrogens is 212 g/mol. The molecular formula is C11H24O5. The topological polar surface area (TPSA) is 61.8 Å². The van der Waals surface area contributed by atoms with Gasteiger partial charge in [-0.25, -0.2) is 4.79 Å². The van der Waals surface area contributed by atoms with Gasteiger partial charge in [-0.2, -0.15) is 0 Å². The van der Waals surface area contributed by atoms with Crippen molar-refractivity contribution in [2.24, 2.45) is 0 Å². The van der Waals surface area contributed by atoms with Gasteiger partial charge in [0.2, 0.25) is 0 Å². The summed E-state index contributed by atoms with van der Waals surface area (Å²) in [6.07, 6.45) is -0.694. The maximum atomic E-state index is 10.2. The summed E-state index contributed by atoms with van der Waals surface area (Å²) in [4.78, 5) is 20.2. The molecule has 0 aromatic carbocycles. The van der Waals surface area contributed by atoms with Gasteiger partial charge < -0.3 is 14.2 Å². The maximum absolute atomic E-state index is 10.2. The molecule has 0 aliphatic carbocycles. The minimum absolute atomic E-state index is 0. The van der Waals surface area contributed by atoms with Crippen molar-refractivity contribution in [1.29, 1.82) is 0 Å². The largest absolute Gasteiger partial charge is 0.508 e. The Bertz CT molecular complexity index is 187. The number of methoxy groups -OCH3 is 1. The number of hydrogen-bond acceptors (Lipinski definition) is 5. The number of rotatable bonds is 2. The molecule has 0 aromatic heterocycles. The third-order valence-corrected chi connectivity index (χ3v) is 0.900. The van der Waals surface area contributed by atoms with Gasteiger partial charge in [-0.1, -0.05) is 7.43 Å². The van der Waals surface area contributed by atoms with Crippen molar-refractivity contribution < 1.29 is 23.8 Å². The summed E-state index contributed by atoms with van der Waals surface area (Å²) in [6.45, 7) is 8.57. The van der Waals surface area contributed by atoms with Crippen molar-refractivity contribution in [2.75, 3.05) is 7.11 Å². The Kier molecular flexibility index (Phi) is 14.9. The predicted molar refractivity (Wildman–Crippen MR) is 62.3 cm³/mol. The first kappa shape index (κ1) is 20.2. The highest BCUT2D eigenvalue weighted by atomic mass is 16.7. The summed E-state index contributed by atoms with van der Waals surface area (Å²) in [5, 5.41) is 0. The lowest BCUT2D eigenvalue weighted by molar-refractivity contribution is -0.144. The fraction of sp³-hybridized carbons (Fsp3) is 0.818. The van der Waals surface area contributed by atoms with Gasteiger partial charge >= 0.3 is 12.1 Å². The van der Waals surface area contributed by atoms with Crippen molar-refractivity contribution in [1.82, 2.24) is 0 Å². The maximum Gasteiger partial charge on any atom is 0.508 e. The highest BCUT2D eigenvalue weighted by Crippen LogP contribution is 1.89. The van der Waals surface area contributed by atoms with E-state index in [0.29, 0.717) is 0 Å². The van der Waals surface area contributed by atoms with Crippen molar-refractivity contribution in [3.05, 3.63) is 0 Å². The lowest BCUT2D eigenvalue weighted by Crippen LogP contribution is -2.10. The van der Waals surface area contributed by atoms with E-state index < -0.39 is 6.16 Å². The lowest BCUT2D eigenvalue weighted by atomic mass is 10.5. The van der Waals surface area contributed by atoms with Crippen molar-refractivity contribution in [2.45, 2.75) is 54.3 Å². The molecule has 16 heavy (non-hydrogen) atoms. The van der Waals surface area contributed by atoms with Crippen LogP contribution >= 0.6 is 0 Å². The minimum atomic E-state index is -0.625. The first-order valence-corrected chi connectivity index (χ1v) is 4.71. The van der Waals surface area contributed by atoms with Gasteiger partial charge in [-0.3, -0.25) is 4.79 Å². The van der Waals surface area contributed by atoms with E-state index in [4.69, 9.17) is 0 Å². The Morgan fingerprint density at radius 2 is 1.31 bits per heavy atom. The molecule has 0 heterocycles. The second-order valence-electron chi connectivity index (χ2n) is 3.28. The molecule has 0 radical (unpaired) electrons. The van der Waals surface area contributed by atoms with Gasteiger partial charge in [-0.05, 0) is 27.7 Å². The third-order valence-electron chi connectivity index (χ3n) is 0.900. The van der Waals surface area contributed by atoms with E-state index in [9.17, 15) is 9.59 Å². The number of esters is 1. The van der Waals surface area contributed by atoms with Crippen LogP contribution in [0.3, 0.4) is 0 Å². The van der Waals surface area contributed by atoms with Crippen LogP contribution in [0.5, 0.6) is 0 Å². The third kappa shape index (κ3) is 23.0. The molecule has 0 fully saturated rings. The molecule has 0 spiro atoms. The molecule has 0 unspecified atom stereocenters. The van der Waals surface area contributed by atoms with Crippen LogP contribution in [0.1, 0.15) is 42.0 Å². The molecule has 5 nitrogen and oxygen atoms in total. The van der Waals surface area contributed by atoms with E-state index >= 15 is 0 Å². The van der Waals surface area contributed by atoms with Gasteiger partial charge in [0, 0.05) is 6.92 Å². The summed E-state index contributed by atoms with van der Waals surface area (Å²) >= 11 is 0. The predicted octanol–water partition coefficient (Wildman–Crippen LogP) is 2.77. The van der Waals surface area contributed by atoms with Crippen LogP contribution < -0.4 is 0 Å². The van der Waals surface area contributed by atoms with Gasteiger partial charge in [0.05, 0.1) is 19.3 Å². The molecule has 0 atom stereocenters. The Morgan fingerprint density at radius 3 is 1.38 bits per heavy atom. The fourth-order valence-corrected chi connectivity index (χ4v) is 0.572. The van der Waals surface area contributed by atoms with Crippen LogP contribution in [0.4, 0.5) is 4.79 Å². The molecule has 0 saturated carbocycles. The molecule has 0 aromatic rings. The Morgan fingerprint density at radius 1 is 0.938 bits per heavy atom. The normalized spacial score (nSPS) is 8.50. The summed E-state index contributed by atoms with van der Waals surface area (Å²) in [5.74, 6) is -0.213. The standard InChI is InChI=1S/C5H10O3.C5H10O2.CH4/c1-4(2)8-5(6)7-3;1-4(2)7-5(3)6;/h4H,1-3H3;4H,1-3H3;1H4. The second-order valence-corrected chi connectivity index (χ2v) is 3.28. The quantitative estimate of drug-likeness (QED) is 0.690. The number of carbonyl (C=O) groups is 2. The van der Waals surface area contributed by atoms with Gasteiger partial charge in [-0.15, -0.1) is 0 Å². The van der Waals surface area contributed by atoms with E-state index in [-0.39, 0.29) is 25.6 Å². The van der Waals surface area contributed by atoms with E-state index in [1.807, 2.05) is 13.8 Å². The lowest BCUT2D eigenvalue weighted by Gasteiger charge is -2.03. The van der Waals surface area contributed by atoms with Gasteiger partial charge in [0.25, 0.3) is 0 Å². The molecule has 0 N–H and O–H groups in total. The highest BCUT2D eigenvalue weighted by Gasteiger charge is 2.01. The van der Waals surface area contributed by atoms with Crippen LogP contribution in [0, 0.1) is 0 Å². The molecule has 0 bridgehead atoms. The molecule has 0 rings (SSSR count). The van der Waals surface area contributed by atoms with Crippen LogP contribution in [-0.2, 0) is 19.0 Å². The molecule has 0 saturated heterocycles. The van der Waals surface area contributed by atoms with Crippen LogP contribution in [0.2, 0.25) is 0 Å². The van der Waals surface area contributed by atoms with Crippen molar-refractivity contribution in [3.63, 3.8) is 0 Å². The highest BCUT2D eigenvalue weighted by molar-refractivity contribution is 5.66. The van der Waals surface area contributed by atoms with Crippen molar-refractivity contribution in [3.8, 4) is 0 Å². The Balaban J connectivity index is -0.000000200. The monoisotopic (exact) mass is 236 g/mol. The van der Waals surface area contributed by atoms with Crippen LogP contribution in [-0.4, -0.2) is 31.4 Å². The van der Waals surface area contributed by atoms with Crippen molar-refractivity contribution >= 4 is 12.1 Å². The van der Waals surface area contributed by atoms with E-state index in [1.165, 1.54) is 14.0 Å². The molecule has 0 aliphatic rings. The molecule has 0 aliphatic heterocycles. The van der Waals surface area contributed by atoms with Gasteiger partial charge in [0.1, 0.15) is 0 Å². The molecule has 5 heteroatoms. The zero-order valence-corrected chi connectivity index (χ0v) is 10.2. The summed E-state index contributed by atoms with van der Waals surface area (Å²) < 4.78 is 13.3. The SMILES string of the molecule is C.CC(=O)OC(C)C.COC(=O)OC(C)C.